The predicted molar refractivity (Wildman–Crippen MR) is 103 cm³/mol. The van der Waals surface area contributed by atoms with Crippen LogP contribution in [0.3, 0.4) is 0 Å². The average Bonchev–Trinajstić information content (AvgIpc) is 3.08. The number of para-hydroxylation sites is 1. The van der Waals surface area contributed by atoms with Gasteiger partial charge in [0.1, 0.15) is 5.76 Å². The van der Waals surface area contributed by atoms with E-state index in [9.17, 15) is 9.59 Å². The Morgan fingerprint density at radius 3 is 2.67 bits per heavy atom. The first kappa shape index (κ1) is 18.5. The second kappa shape index (κ2) is 7.97. The fraction of sp³-hybridized carbons (Fsp3) is 0.100. The minimum absolute atomic E-state index is 0.268. The zero-order valence-corrected chi connectivity index (χ0v) is 15.4. The summed E-state index contributed by atoms with van der Waals surface area (Å²) in [5.74, 6) is 0.0171. The molecule has 0 bridgehead atoms. The van der Waals surface area contributed by atoms with Crippen molar-refractivity contribution in [2.45, 2.75) is 0 Å². The molecule has 0 aliphatic rings. The molecular weight excluding hydrogens is 370 g/mol. The number of ether oxygens (including phenoxy) is 2. The van der Waals surface area contributed by atoms with Crippen molar-refractivity contribution in [3.8, 4) is 5.75 Å². The van der Waals surface area contributed by atoms with Crippen LogP contribution < -0.4 is 10.1 Å². The van der Waals surface area contributed by atoms with E-state index in [1.807, 2.05) is 0 Å². The topological polar surface area (TPSA) is 77.8 Å². The van der Waals surface area contributed by atoms with Gasteiger partial charge in [-0.25, -0.2) is 4.79 Å². The summed E-state index contributed by atoms with van der Waals surface area (Å²) in [6.07, 6.45) is 2.82. The number of benzene rings is 2. The van der Waals surface area contributed by atoms with Crippen molar-refractivity contribution in [3.63, 3.8) is 0 Å². The number of rotatable bonds is 5. The standard InChI is InChI=1S/C20H16ClNO5/c1-25-17-11-13(21)9-12-10-14(27-19(12)17)7-8-18(23)22-16-6-4-3-5-15(16)20(24)26-2/h3-11H,1-2H3,(H,22,23). The Morgan fingerprint density at radius 2 is 1.93 bits per heavy atom. The summed E-state index contributed by atoms with van der Waals surface area (Å²) in [6, 6.07) is 11.7. The molecule has 0 aliphatic heterocycles. The van der Waals surface area contributed by atoms with Crippen molar-refractivity contribution in [1.82, 2.24) is 0 Å². The molecule has 0 aliphatic carbocycles. The summed E-state index contributed by atoms with van der Waals surface area (Å²) in [6.45, 7) is 0. The van der Waals surface area contributed by atoms with E-state index in [2.05, 4.69) is 5.32 Å². The summed E-state index contributed by atoms with van der Waals surface area (Å²) in [4.78, 5) is 24.0. The maximum atomic E-state index is 12.2. The quantitative estimate of drug-likeness (QED) is 0.515. The molecule has 0 atom stereocenters. The van der Waals surface area contributed by atoms with Crippen LogP contribution in [0.4, 0.5) is 5.69 Å². The highest BCUT2D eigenvalue weighted by molar-refractivity contribution is 6.31. The van der Waals surface area contributed by atoms with Gasteiger partial charge in [-0.2, -0.15) is 0 Å². The highest BCUT2D eigenvalue weighted by Crippen LogP contribution is 2.32. The summed E-state index contributed by atoms with van der Waals surface area (Å²) in [7, 11) is 2.80. The summed E-state index contributed by atoms with van der Waals surface area (Å²) in [5.41, 5.74) is 1.17. The van der Waals surface area contributed by atoms with Crippen LogP contribution in [0.2, 0.25) is 5.02 Å². The number of esters is 1. The molecule has 1 aromatic heterocycles. The number of hydrogen-bond donors (Lipinski definition) is 1. The van der Waals surface area contributed by atoms with Gasteiger partial charge in [0.15, 0.2) is 11.3 Å². The maximum absolute atomic E-state index is 12.2. The molecular formula is C20H16ClNO5. The third-order valence-electron chi connectivity index (χ3n) is 3.78. The molecule has 0 radical (unpaired) electrons. The number of fused-ring (bicyclic) bond motifs is 1. The molecule has 1 amide bonds. The average molecular weight is 386 g/mol. The molecule has 1 heterocycles. The van der Waals surface area contributed by atoms with E-state index in [0.29, 0.717) is 27.8 Å². The third kappa shape index (κ3) is 4.12. The summed E-state index contributed by atoms with van der Waals surface area (Å²) in [5, 5.41) is 3.93. The van der Waals surface area contributed by atoms with Crippen LogP contribution >= 0.6 is 11.6 Å². The number of methoxy groups -OCH3 is 2. The molecule has 138 valence electrons. The van der Waals surface area contributed by atoms with Gasteiger partial charge in [0.2, 0.25) is 5.91 Å². The van der Waals surface area contributed by atoms with Crippen LogP contribution in [0.15, 0.2) is 53.0 Å². The molecule has 2 aromatic carbocycles. The van der Waals surface area contributed by atoms with Crippen LogP contribution in [0, 0.1) is 0 Å². The zero-order chi connectivity index (χ0) is 19.4. The fourth-order valence-corrected chi connectivity index (χ4v) is 2.77. The first-order chi connectivity index (χ1) is 13.0. The molecule has 1 N–H and O–H groups in total. The van der Waals surface area contributed by atoms with Crippen molar-refractivity contribution < 1.29 is 23.5 Å². The number of halogens is 1. The van der Waals surface area contributed by atoms with E-state index in [0.717, 1.165) is 5.39 Å². The molecule has 27 heavy (non-hydrogen) atoms. The minimum Gasteiger partial charge on any atom is -0.493 e. The number of anilines is 1. The molecule has 0 fully saturated rings. The number of carbonyl (C=O) groups excluding carboxylic acids is 2. The van der Waals surface area contributed by atoms with E-state index >= 15 is 0 Å². The lowest BCUT2D eigenvalue weighted by Crippen LogP contribution is -2.12. The number of amides is 1. The van der Waals surface area contributed by atoms with Crippen molar-refractivity contribution in [2.24, 2.45) is 0 Å². The number of carbonyl (C=O) groups is 2. The van der Waals surface area contributed by atoms with Crippen molar-refractivity contribution in [2.75, 3.05) is 19.5 Å². The van der Waals surface area contributed by atoms with Crippen LogP contribution in [0.1, 0.15) is 16.1 Å². The summed E-state index contributed by atoms with van der Waals surface area (Å²) < 4.78 is 15.7. The third-order valence-corrected chi connectivity index (χ3v) is 3.99. The van der Waals surface area contributed by atoms with E-state index < -0.39 is 11.9 Å². The Labute approximate surface area is 160 Å². The van der Waals surface area contributed by atoms with Gasteiger partial charge in [-0.3, -0.25) is 4.79 Å². The van der Waals surface area contributed by atoms with Crippen LogP contribution in [-0.2, 0) is 9.53 Å². The molecule has 0 spiro atoms. The molecule has 6 nitrogen and oxygen atoms in total. The largest absolute Gasteiger partial charge is 0.493 e. The lowest BCUT2D eigenvalue weighted by atomic mass is 10.2. The first-order valence-corrected chi connectivity index (χ1v) is 8.33. The van der Waals surface area contributed by atoms with Gasteiger partial charge < -0.3 is 19.2 Å². The highest BCUT2D eigenvalue weighted by Gasteiger charge is 2.13. The molecule has 3 rings (SSSR count). The van der Waals surface area contributed by atoms with E-state index in [-0.39, 0.29) is 5.56 Å². The van der Waals surface area contributed by atoms with Gasteiger partial charge in [-0.15, -0.1) is 0 Å². The molecule has 0 saturated carbocycles. The second-order valence-electron chi connectivity index (χ2n) is 5.53. The first-order valence-electron chi connectivity index (χ1n) is 7.95. The Bertz CT molecular complexity index is 1040. The van der Waals surface area contributed by atoms with Gasteiger partial charge in [-0.05, 0) is 30.3 Å². The van der Waals surface area contributed by atoms with E-state index in [1.54, 1.807) is 42.5 Å². The van der Waals surface area contributed by atoms with Gasteiger partial charge >= 0.3 is 5.97 Å². The van der Waals surface area contributed by atoms with Gasteiger partial charge in [0.05, 0.1) is 25.5 Å². The minimum atomic E-state index is -0.531. The maximum Gasteiger partial charge on any atom is 0.339 e. The lowest BCUT2D eigenvalue weighted by molar-refractivity contribution is -0.111. The van der Waals surface area contributed by atoms with Gasteiger partial charge in [0.25, 0.3) is 0 Å². The number of nitrogens with one attached hydrogen (secondary N) is 1. The van der Waals surface area contributed by atoms with Gasteiger partial charge in [-0.1, -0.05) is 23.7 Å². The van der Waals surface area contributed by atoms with Gasteiger partial charge in [0, 0.05) is 22.6 Å². The monoisotopic (exact) mass is 385 g/mol. The van der Waals surface area contributed by atoms with E-state index in [1.165, 1.54) is 26.4 Å². The Balaban J connectivity index is 1.80. The molecule has 0 saturated heterocycles. The van der Waals surface area contributed by atoms with Crippen LogP contribution in [0.5, 0.6) is 5.75 Å². The zero-order valence-electron chi connectivity index (χ0n) is 14.6. The molecule has 3 aromatic rings. The Kier molecular flexibility index (Phi) is 5.47. The second-order valence-corrected chi connectivity index (χ2v) is 5.97. The normalized spacial score (nSPS) is 10.9. The van der Waals surface area contributed by atoms with Crippen molar-refractivity contribution in [1.29, 1.82) is 0 Å². The SMILES string of the molecule is COC(=O)c1ccccc1NC(=O)C=Cc1cc2cc(Cl)cc(OC)c2o1. The smallest absolute Gasteiger partial charge is 0.339 e. The Hall–Kier alpha value is -3.25. The fourth-order valence-electron chi connectivity index (χ4n) is 2.55. The van der Waals surface area contributed by atoms with Crippen molar-refractivity contribution >= 4 is 46.2 Å². The van der Waals surface area contributed by atoms with Crippen LogP contribution in [-0.4, -0.2) is 26.1 Å². The van der Waals surface area contributed by atoms with E-state index in [4.69, 9.17) is 25.5 Å². The summed E-state index contributed by atoms with van der Waals surface area (Å²) >= 11 is 6.04. The number of furan rings is 1. The Morgan fingerprint density at radius 1 is 1.15 bits per heavy atom. The lowest BCUT2D eigenvalue weighted by Gasteiger charge is -2.07. The molecule has 0 unspecified atom stereocenters. The predicted octanol–water partition coefficient (Wildman–Crippen LogP) is 4.53. The highest BCUT2D eigenvalue weighted by atomic mass is 35.5. The number of hydrogen-bond acceptors (Lipinski definition) is 5. The van der Waals surface area contributed by atoms with Crippen LogP contribution in [0.25, 0.3) is 17.0 Å². The van der Waals surface area contributed by atoms with Crippen molar-refractivity contribution in [3.05, 3.63) is 64.9 Å². The molecule has 7 heteroatoms.